The summed E-state index contributed by atoms with van der Waals surface area (Å²) in [6.07, 6.45) is 0. The summed E-state index contributed by atoms with van der Waals surface area (Å²) >= 11 is 0. The minimum Gasteiger partial charge on any atom is -0.469 e. The Balaban J connectivity index is -0.000000100. The van der Waals surface area contributed by atoms with Gasteiger partial charge in [-0.25, -0.2) is 0 Å². The first-order chi connectivity index (χ1) is 10.3. The fraction of sp³-hybridized carbons (Fsp3) is 0.556. The van der Waals surface area contributed by atoms with Gasteiger partial charge in [-0.3, -0.25) is 9.59 Å². The highest BCUT2D eigenvalue weighted by Gasteiger charge is 1.87. The monoisotopic (exact) mass is 313 g/mol. The number of esters is 1. The third-order valence-electron chi connectivity index (χ3n) is 1.86. The van der Waals surface area contributed by atoms with E-state index in [0.29, 0.717) is 0 Å². The van der Waals surface area contributed by atoms with Gasteiger partial charge in [0.2, 0.25) is 5.91 Å². The molecular weight excluding hydrogens is 278 g/mol. The summed E-state index contributed by atoms with van der Waals surface area (Å²) in [6, 6.07) is 10.3. The van der Waals surface area contributed by atoms with Crippen molar-refractivity contribution >= 4 is 11.9 Å². The van der Waals surface area contributed by atoms with Gasteiger partial charge in [0.15, 0.2) is 0 Å². The predicted octanol–water partition coefficient (Wildman–Crippen LogP) is 4.32. The van der Waals surface area contributed by atoms with Gasteiger partial charge in [-0.05, 0) is 6.92 Å². The van der Waals surface area contributed by atoms with Crippen LogP contribution in [-0.2, 0) is 14.3 Å². The van der Waals surface area contributed by atoms with Crippen molar-refractivity contribution in [3.05, 3.63) is 35.9 Å². The molecule has 0 heterocycles. The Bertz CT molecular complexity index is 335. The van der Waals surface area contributed by atoms with E-state index in [1.165, 1.54) is 31.4 Å². The number of nitrogens with zero attached hydrogens (tertiary/aromatic N) is 1. The molecule has 1 rings (SSSR count). The molecule has 0 aliphatic rings. The summed E-state index contributed by atoms with van der Waals surface area (Å²) in [5.41, 5.74) is 1.32. The Morgan fingerprint density at radius 3 is 1.27 bits per heavy atom. The Morgan fingerprint density at radius 2 is 1.18 bits per heavy atom. The van der Waals surface area contributed by atoms with E-state index in [2.05, 4.69) is 23.8 Å². The summed E-state index contributed by atoms with van der Waals surface area (Å²) in [7, 11) is 4.80. The molecular formula is C18H35NO3. The van der Waals surface area contributed by atoms with Crippen LogP contribution in [0, 0.1) is 6.92 Å². The van der Waals surface area contributed by atoms with Gasteiger partial charge in [0.1, 0.15) is 0 Å². The van der Waals surface area contributed by atoms with Crippen molar-refractivity contribution in [2.24, 2.45) is 0 Å². The first-order valence-electron chi connectivity index (χ1n) is 7.55. The van der Waals surface area contributed by atoms with Crippen LogP contribution in [0.4, 0.5) is 0 Å². The lowest BCUT2D eigenvalue weighted by Gasteiger charge is -2.02. The second-order valence-corrected chi connectivity index (χ2v) is 3.76. The van der Waals surface area contributed by atoms with E-state index in [9.17, 15) is 9.59 Å². The molecule has 0 saturated carbocycles. The summed E-state index contributed by atoms with van der Waals surface area (Å²) < 4.78 is 4.11. The van der Waals surface area contributed by atoms with Crippen LogP contribution in [0.3, 0.4) is 0 Å². The van der Waals surface area contributed by atoms with Crippen LogP contribution in [0.5, 0.6) is 0 Å². The van der Waals surface area contributed by atoms with E-state index in [1.807, 2.05) is 45.9 Å². The number of rotatable bonds is 0. The fourth-order valence-corrected chi connectivity index (χ4v) is 0.534. The van der Waals surface area contributed by atoms with E-state index in [4.69, 9.17) is 0 Å². The Morgan fingerprint density at radius 1 is 0.909 bits per heavy atom. The number of ether oxygens (including phenoxy) is 1. The Hall–Kier alpha value is -1.84. The average molecular weight is 313 g/mol. The zero-order valence-corrected chi connectivity index (χ0v) is 16.1. The van der Waals surface area contributed by atoms with Crippen molar-refractivity contribution < 1.29 is 14.3 Å². The summed E-state index contributed by atoms with van der Waals surface area (Å²) in [6.45, 7) is 13.0. The van der Waals surface area contributed by atoms with Gasteiger partial charge in [-0.15, -0.1) is 0 Å². The number of amides is 1. The molecule has 130 valence electrons. The van der Waals surface area contributed by atoms with Crippen LogP contribution in [-0.4, -0.2) is 38.0 Å². The van der Waals surface area contributed by atoms with Crippen molar-refractivity contribution in [2.75, 3.05) is 21.2 Å². The third kappa shape index (κ3) is 36.2. The van der Waals surface area contributed by atoms with E-state index in [1.54, 1.807) is 14.1 Å². The molecule has 1 aromatic carbocycles. The third-order valence-corrected chi connectivity index (χ3v) is 1.86. The normalized spacial score (nSPS) is 7.00. The molecule has 0 radical (unpaired) electrons. The maximum atomic E-state index is 10.1. The van der Waals surface area contributed by atoms with Gasteiger partial charge in [-0.2, -0.15) is 0 Å². The zero-order valence-electron chi connectivity index (χ0n) is 16.1. The highest BCUT2D eigenvalue weighted by Crippen LogP contribution is 1.92. The maximum absolute atomic E-state index is 10.1. The molecule has 1 aromatic rings. The minimum atomic E-state index is -0.245. The Labute approximate surface area is 137 Å². The largest absolute Gasteiger partial charge is 0.469 e. The van der Waals surface area contributed by atoms with Crippen molar-refractivity contribution in [3.63, 3.8) is 0 Å². The summed E-state index contributed by atoms with van der Waals surface area (Å²) in [5.74, 6) is -0.153. The minimum absolute atomic E-state index is 0.0926. The van der Waals surface area contributed by atoms with Crippen LogP contribution in [0.25, 0.3) is 0 Å². The quantitative estimate of drug-likeness (QED) is 0.670. The van der Waals surface area contributed by atoms with Gasteiger partial charge >= 0.3 is 5.97 Å². The zero-order chi connectivity index (χ0) is 18.6. The SMILES string of the molecule is CC.CC.CC(=O)N(C)C.COC(C)=O.Cc1ccccc1. The lowest BCUT2D eigenvalue weighted by molar-refractivity contribution is -0.138. The van der Waals surface area contributed by atoms with Gasteiger partial charge in [0.05, 0.1) is 7.11 Å². The molecule has 4 heteroatoms. The van der Waals surface area contributed by atoms with Crippen LogP contribution in [0.1, 0.15) is 47.1 Å². The van der Waals surface area contributed by atoms with E-state index < -0.39 is 0 Å². The first-order valence-corrected chi connectivity index (χ1v) is 7.55. The molecule has 0 aliphatic carbocycles. The summed E-state index contributed by atoms with van der Waals surface area (Å²) in [4.78, 5) is 21.2. The topological polar surface area (TPSA) is 46.6 Å². The van der Waals surface area contributed by atoms with Gasteiger partial charge in [0, 0.05) is 27.9 Å². The molecule has 4 nitrogen and oxygen atoms in total. The van der Waals surface area contributed by atoms with Crippen molar-refractivity contribution in [3.8, 4) is 0 Å². The van der Waals surface area contributed by atoms with Crippen molar-refractivity contribution in [2.45, 2.75) is 48.5 Å². The Kier molecular flexibility index (Phi) is 31.2. The van der Waals surface area contributed by atoms with Crippen LogP contribution >= 0.6 is 0 Å². The number of carbonyl (C=O) groups excluding carboxylic acids is 2. The van der Waals surface area contributed by atoms with Crippen LogP contribution in [0.15, 0.2) is 30.3 Å². The van der Waals surface area contributed by atoms with Crippen LogP contribution in [0.2, 0.25) is 0 Å². The molecule has 0 aromatic heterocycles. The first kappa shape index (κ1) is 28.3. The molecule has 1 amide bonds. The molecule has 0 fully saturated rings. The van der Waals surface area contributed by atoms with Gasteiger partial charge in [-0.1, -0.05) is 63.6 Å². The average Bonchev–Trinajstić information content (AvgIpc) is 2.53. The number of hydrogen-bond donors (Lipinski definition) is 0. The highest BCUT2D eigenvalue weighted by atomic mass is 16.5. The standard InChI is InChI=1S/C7H8.C4H9NO.C3H6O2.2C2H6/c1-7-5-3-2-4-6-7;1-4(6)5(2)3;1-3(4)5-2;2*1-2/h2-6H,1H3;1-3H3;1-2H3;2*1-2H3. The maximum Gasteiger partial charge on any atom is 0.302 e. The predicted molar refractivity (Wildman–Crippen MR) is 95.9 cm³/mol. The molecule has 0 N–H and O–H groups in total. The number of carbonyl (C=O) groups is 2. The smallest absolute Gasteiger partial charge is 0.302 e. The van der Waals surface area contributed by atoms with Crippen LogP contribution < -0.4 is 0 Å². The lowest BCUT2D eigenvalue weighted by atomic mass is 10.2. The van der Waals surface area contributed by atoms with E-state index >= 15 is 0 Å². The molecule has 0 aliphatic heterocycles. The molecule has 0 bridgehead atoms. The molecule has 0 unspecified atom stereocenters. The second-order valence-electron chi connectivity index (χ2n) is 3.76. The van der Waals surface area contributed by atoms with Crippen molar-refractivity contribution in [1.82, 2.24) is 4.90 Å². The molecule has 0 spiro atoms. The molecule has 22 heavy (non-hydrogen) atoms. The van der Waals surface area contributed by atoms with E-state index in [0.717, 1.165) is 0 Å². The van der Waals surface area contributed by atoms with Crippen molar-refractivity contribution in [1.29, 1.82) is 0 Å². The molecule has 0 saturated heterocycles. The fourth-order valence-electron chi connectivity index (χ4n) is 0.534. The lowest BCUT2D eigenvalue weighted by Crippen LogP contribution is -2.17. The van der Waals surface area contributed by atoms with E-state index in [-0.39, 0.29) is 11.9 Å². The number of benzene rings is 1. The number of methoxy groups -OCH3 is 1. The van der Waals surface area contributed by atoms with Gasteiger partial charge < -0.3 is 9.64 Å². The summed E-state index contributed by atoms with van der Waals surface area (Å²) in [5, 5.41) is 0. The number of hydrogen-bond acceptors (Lipinski definition) is 3. The second kappa shape index (κ2) is 24.2. The molecule has 0 atom stereocenters. The number of aryl methyl sites for hydroxylation is 1. The highest BCUT2D eigenvalue weighted by molar-refractivity contribution is 5.72. The van der Waals surface area contributed by atoms with Gasteiger partial charge in [0.25, 0.3) is 0 Å².